The summed E-state index contributed by atoms with van der Waals surface area (Å²) in [6.07, 6.45) is 1.33. The van der Waals surface area contributed by atoms with E-state index < -0.39 is 24.6 Å². The average Bonchev–Trinajstić information content (AvgIpc) is 3.16. The molecular weight excluding hydrogens is 532 g/mol. The van der Waals surface area contributed by atoms with Crippen molar-refractivity contribution in [2.45, 2.75) is 32.9 Å². The maximum absolute atomic E-state index is 13.7. The first-order chi connectivity index (χ1) is 18.1. The van der Waals surface area contributed by atoms with Crippen molar-refractivity contribution < 1.29 is 28.9 Å². The van der Waals surface area contributed by atoms with Crippen molar-refractivity contribution in [3.8, 4) is 11.5 Å². The Labute approximate surface area is 226 Å². The number of halogens is 1. The number of allylic oxidation sites excluding steroid dienone is 1. The van der Waals surface area contributed by atoms with Crippen LogP contribution in [0.5, 0.6) is 11.5 Å². The number of aliphatic carboxylic acids is 1. The molecule has 2 heterocycles. The minimum atomic E-state index is -1.11. The van der Waals surface area contributed by atoms with Crippen molar-refractivity contribution in [1.29, 1.82) is 0 Å². The maximum Gasteiger partial charge on any atom is 0.341 e. The largest absolute Gasteiger partial charge is 0.493 e. The summed E-state index contributed by atoms with van der Waals surface area (Å²) in [4.78, 5) is 42.7. The third-order valence-electron chi connectivity index (χ3n) is 5.61. The molecule has 9 nitrogen and oxygen atoms in total. The molecule has 0 saturated carbocycles. The number of carbonyl (C=O) groups excluding carboxylic acids is 1. The van der Waals surface area contributed by atoms with Gasteiger partial charge in [-0.1, -0.05) is 41.1 Å². The van der Waals surface area contributed by atoms with Gasteiger partial charge in [0.05, 0.1) is 35.1 Å². The molecule has 1 atom stereocenters. The standard InChI is InChI=1S/C27H25ClN2O7S/c1-14(2)37-26(34)23-15(3)29-27-30(24(23)17-6-8-18(28)9-7-17)25(33)21(38-27)12-16-5-10-19(20(11-16)35-4)36-13-22(31)32/h5-12,14,24H,13H2,1-4H3,(H,31,32)/b21-12+/t24-/m0/s1. The third kappa shape index (κ3) is 5.66. The van der Waals surface area contributed by atoms with Crippen molar-refractivity contribution in [1.82, 2.24) is 4.57 Å². The second kappa shape index (κ2) is 11.2. The summed E-state index contributed by atoms with van der Waals surface area (Å²) in [6, 6.07) is 11.1. The number of carboxylic acid groups (broad SMARTS) is 1. The van der Waals surface area contributed by atoms with Crippen molar-refractivity contribution >= 4 is 41.0 Å². The number of thiazole rings is 1. The molecule has 1 aliphatic heterocycles. The summed E-state index contributed by atoms with van der Waals surface area (Å²) in [7, 11) is 1.44. The minimum Gasteiger partial charge on any atom is -0.493 e. The SMILES string of the molecule is COc1cc(/C=c2/sc3n(c2=O)[C@@H](c2ccc(Cl)cc2)C(C(=O)OC(C)C)=C(C)N=3)ccc1OCC(=O)O. The maximum atomic E-state index is 13.7. The van der Waals surface area contributed by atoms with Gasteiger partial charge in [-0.2, -0.15) is 0 Å². The predicted octanol–water partition coefficient (Wildman–Crippen LogP) is 3.31. The van der Waals surface area contributed by atoms with E-state index in [1.807, 2.05) is 0 Å². The molecule has 0 saturated heterocycles. The number of fused-ring (bicyclic) bond motifs is 1. The van der Waals surface area contributed by atoms with E-state index in [0.29, 0.717) is 36.9 Å². The first kappa shape index (κ1) is 27.2. The van der Waals surface area contributed by atoms with Crippen LogP contribution in [-0.4, -0.2) is 41.4 Å². The van der Waals surface area contributed by atoms with Crippen LogP contribution in [0.3, 0.4) is 0 Å². The number of hydrogen-bond donors (Lipinski definition) is 1. The fraction of sp³-hybridized carbons (Fsp3) is 0.259. The van der Waals surface area contributed by atoms with Crippen molar-refractivity contribution in [3.05, 3.63) is 89.6 Å². The molecule has 11 heteroatoms. The van der Waals surface area contributed by atoms with Crippen molar-refractivity contribution in [2.75, 3.05) is 13.7 Å². The van der Waals surface area contributed by atoms with Gasteiger partial charge >= 0.3 is 11.9 Å². The quantitative estimate of drug-likeness (QED) is 0.423. The van der Waals surface area contributed by atoms with Gasteiger partial charge < -0.3 is 19.3 Å². The molecule has 0 radical (unpaired) electrons. The Balaban J connectivity index is 1.85. The van der Waals surface area contributed by atoms with Gasteiger partial charge in [0, 0.05) is 5.02 Å². The molecule has 2 aromatic carbocycles. The van der Waals surface area contributed by atoms with Crippen LogP contribution >= 0.6 is 22.9 Å². The van der Waals surface area contributed by atoms with Crippen LogP contribution < -0.4 is 24.4 Å². The summed E-state index contributed by atoms with van der Waals surface area (Å²) in [5, 5.41) is 9.40. The van der Waals surface area contributed by atoms with Gasteiger partial charge in [-0.15, -0.1) is 0 Å². The molecule has 0 fully saturated rings. The van der Waals surface area contributed by atoms with Crippen LogP contribution in [-0.2, 0) is 14.3 Å². The minimum absolute atomic E-state index is 0.264. The second-order valence-electron chi connectivity index (χ2n) is 8.68. The fourth-order valence-electron chi connectivity index (χ4n) is 4.00. The normalized spacial score (nSPS) is 15.2. The highest BCUT2D eigenvalue weighted by Crippen LogP contribution is 2.32. The third-order valence-corrected chi connectivity index (χ3v) is 6.84. The second-order valence-corrected chi connectivity index (χ2v) is 10.1. The Bertz CT molecular complexity index is 1600. The molecule has 3 aromatic rings. The molecule has 0 unspecified atom stereocenters. The number of methoxy groups -OCH3 is 1. The van der Waals surface area contributed by atoms with Crippen molar-refractivity contribution in [3.63, 3.8) is 0 Å². The zero-order chi connectivity index (χ0) is 27.6. The zero-order valence-electron chi connectivity index (χ0n) is 21.1. The Morgan fingerprint density at radius 1 is 1.18 bits per heavy atom. The number of hydrogen-bond acceptors (Lipinski definition) is 8. The molecule has 0 aliphatic carbocycles. The van der Waals surface area contributed by atoms with Crippen LogP contribution in [0.4, 0.5) is 0 Å². The summed E-state index contributed by atoms with van der Waals surface area (Å²) in [5.74, 6) is -1.07. The molecule has 0 spiro atoms. The highest BCUT2D eigenvalue weighted by molar-refractivity contribution is 7.07. The van der Waals surface area contributed by atoms with Gasteiger partial charge in [-0.25, -0.2) is 14.6 Å². The number of nitrogens with zero attached hydrogens (tertiary/aromatic N) is 2. The van der Waals surface area contributed by atoms with Gasteiger partial charge in [0.15, 0.2) is 22.9 Å². The van der Waals surface area contributed by atoms with Gasteiger partial charge in [-0.05, 0) is 62.2 Å². The van der Waals surface area contributed by atoms with E-state index in [2.05, 4.69) is 4.99 Å². The number of carbonyl (C=O) groups is 2. The summed E-state index contributed by atoms with van der Waals surface area (Å²) in [5.41, 5.74) is 1.73. The summed E-state index contributed by atoms with van der Waals surface area (Å²) >= 11 is 7.29. The summed E-state index contributed by atoms with van der Waals surface area (Å²) in [6.45, 7) is 4.72. The van der Waals surface area contributed by atoms with Gasteiger partial charge in [-0.3, -0.25) is 9.36 Å². The van der Waals surface area contributed by atoms with Gasteiger partial charge in [0.2, 0.25) is 0 Å². The van der Waals surface area contributed by atoms with Crippen LogP contribution in [0.15, 0.2) is 63.5 Å². The number of benzene rings is 2. The van der Waals surface area contributed by atoms with E-state index in [-0.39, 0.29) is 23.0 Å². The van der Waals surface area contributed by atoms with Crippen LogP contribution in [0.1, 0.15) is 37.9 Å². The molecule has 4 rings (SSSR count). The monoisotopic (exact) mass is 556 g/mol. The van der Waals surface area contributed by atoms with E-state index in [0.717, 1.165) is 0 Å². The topological polar surface area (TPSA) is 116 Å². The van der Waals surface area contributed by atoms with Gasteiger partial charge in [0.25, 0.3) is 5.56 Å². The van der Waals surface area contributed by atoms with E-state index in [1.165, 1.54) is 23.0 Å². The lowest BCUT2D eigenvalue weighted by Gasteiger charge is -2.25. The molecular formula is C27H25ClN2O7S. The Kier molecular flexibility index (Phi) is 8.03. The number of esters is 1. The first-order valence-corrected chi connectivity index (χ1v) is 12.8. The predicted molar refractivity (Wildman–Crippen MR) is 143 cm³/mol. The van der Waals surface area contributed by atoms with E-state index >= 15 is 0 Å². The van der Waals surface area contributed by atoms with Crippen LogP contribution in [0.2, 0.25) is 5.02 Å². The lowest BCUT2D eigenvalue weighted by molar-refractivity contribution is -0.143. The average molecular weight is 557 g/mol. The Morgan fingerprint density at radius 2 is 1.89 bits per heavy atom. The van der Waals surface area contributed by atoms with E-state index in [1.54, 1.807) is 69.3 Å². The van der Waals surface area contributed by atoms with E-state index in [9.17, 15) is 14.4 Å². The van der Waals surface area contributed by atoms with Gasteiger partial charge in [0.1, 0.15) is 0 Å². The smallest absolute Gasteiger partial charge is 0.341 e. The highest BCUT2D eigenvalue weighted by Gasteiger charge is 2.33. The zero-order valence-corrected chi connectivity index (χ0v) is 22.6. The lowest BCUT2D eigenvalue weighted by atomic mass is 9.96. The first-order valence-electron chi connectivity index (χ1n) is 11.6. The highest BCUT2D eigenvalue weighted by atomic mass is 35.5. The number of rotatable bonds is 8. The number of aromatic nitrogens is 1. The molecule has 1 aliphatic rings. The molecule has 198 valence electrons. The van der Waals surface area contributed by atoms with Crippen molar-refractivity contribution in [2.24, 2.45) is 4.99 Å². The summed E-state index contributed by atoms with van der Waals surface area (Å²) < 4.78 is 18.0. The molecule has 0 amide bonds. The fourth-order valence-corrected chi connectivity index (χ4v) is 5.18. The Morgan fingerprint density at radius 3 is 2.53 bits per heavy atom. The Hall–Kier alpha value is -3.89. The number of carboxylic acids is 1. The molecule has 0 bridgehead atoms. The van der Waals surface area contributed by atoms with Crippen LogP contribution in [0, 0.1) is 0 Å². The van der Waals surface area contributed by atoms with E-state index in [4.69, 9.17) is 30.9 Å². The van der Waals surface area contributed by atoms with Crippen LogP contribution in [0.25, 0.3) is 6.08 Å². The molecule has 38 heavy (non-hydrogen) atoms. The number of ether oxygens (including phenoxy) is 3. The molecule has 1 N–H and O–H groups in total. The molecule has 1 aromatic heterocycles. The lowest BCUT2D eigenvalue weighted by Crippen LogP contribution is -2.40.